The van der Waals surface area contributed by atoms with Crippen molar-refractivity contribution in [3.05, 3.63) is 18.0 Å². The molecule has 1 atom stereocenters. The molecule has 0 aliphatic carbocycles. The molecule has 13 heavy (non-hydrogen) atoms. The molecule has 74 valence electrons. The van der Waals surface area contributed by atoms with E-state index in [9.17, 15) is 0 Å². The summed E-state index contributed by atoms with van der Waals surface area (Å²) >= 11 is 1.85. The zero-order valence-electron chi connectivity index (χ0n) is 8.45. The van der Waals surface area contributed by atoms with E-state index in [1.807, 2.05) is 29.7 Å². The van der Waals surface area contributed by atoms with Crippen LogP contribution in [0.5, 0.6) is 0 Å². The summed E-state index contributed by atoms with van der Waals surface area (Å²) < 4.78 is 1.96. The van der Waals surface area contributed by atoms with Crippen LogP contribution in [0.15, 0.2) is 12.4 Å². The maximum Gasteiger partial charge on any atom is 0.0537 e. The average molecular weight is 199 g/mol. The first-order chi connectivity index (χ1) is 6.31. The predicted molar refractivity (Wildman–Crippen MR) is 58.1 cm³/mol. The van der Waals surface area contributed by atoms with Gasteiger partial charge in [0.25, 0.3) is 0 Å². The van der Waals surface area contributed by atoms with Gasteiger partial charge in [-0.15, -0.1) is 0 Å². The van der Waals surface area contributed by atoms with Gasteiger partial charge < -0.3 is 5.32 Å². The van der Waals surface area contributed by atoms with Crippen molar-refractivity contribution in [2.45, 2.75) is 19.5 Å². The van der Waals surface area contributed by atoms with Gasteiger partial charge in [-0.25, -0.2) is 0 Å². The summed E-state index contributed by atoms with van der Waals surface area (Å²) in [5, 5.41) is 7.54. The number of rotatable bonds is 5. The Kier molecular flexibility index (Phi) is 4.32. The number of hydrogen-bond donors (Lipinski definition) is 1. The summed E-state index contributed by atoms with van der Waals surface area (Å²) in [6.07, 6.45) is 6.17. The number of thioether (sulfide) groups is 1. The maximum absolute atomic E-state index is 4.25. The Morgan fingerprint density at radius 3 is 2.92 bits per heavy atom. The number of nitrogens with zero attached hydrogens (tertiary/aromatic N) is 2. The van der Waals surface area contributed by atoms with Crippen LogP contribution in [0.4, 0.5) is 0 Å². The third-order valence-corrected chi connectivity index (χ3v) is 2.73. The van der Waals surface area contributed by atoms with Gasteiger partial charge in [-0.1, -0.05) is 0 Å². The van der Waals surface area contributed by atoms with E-state index in [0.29, 0.717) is 6.04 Å². The Balaban J connectivity index is 2.67. The molecule has 1 rings (SSSR count). The molecule has 3 nitrogen and oxygen atoms in total. The lowest BCUT2D eigenvalue weighted by Gasteiger charge is -2.11. The molecule has 0 aliphatic rings. The second-order valence-corrected chi connectivity index (χ2v) is 3.84. The normalized spacial score (nSPS) is 13.2. The number of aromatic nitrogens is 2. The second kappa shape index (κ2) is 5.29. The van der Waals surface area contributed by atoms with Crippen molar-refractivity contribution in [2.24, 2.45) is 0 Å². The maximum atomic E-state index is 4.25. The highest BCUT2D eigenvalue weighted by Crippen LogP contribution is 2.15. The van der Waals surface area contributed by atoms with Crippen LogP contribution in [-0.4, -0.2) is 28.8 Å². The number of hydrogen-bond acceptors (Lipinski definition) is 3. The van der Waals surface area contributed by atoms with Crippen LogP contribution in [0.3, 0.4) is 0 Å². The first-order valence-electron chi connectivity index (χ1n) is 4.50. The Morgan fingerprint density at radius 1 is 1.69 bits per heavy atom. The quantitative estimate of drug-likeness (QED) is 0.780. The van der Waals surface area contributed by atoms with Gasteiger partial charge in [-0.05, 0) is 20.2 Å². The van der Waals surface area contributed by atoms with Crippen molar-refractivity contribution in [3.63, 3.8) is 0 Å². The van der Waals surface area contributed by atoms with Gasteiger partial charge >= 0.3 is 0 Å². The van der Waals surface area contributed by atoms with E-state index in [1.54, 1.807) is 0 Å². The van der Waals surface area contributed by atoms with Crippen LogP contribution >= 0.6 is 11.8 Å². The summed E-state index contributed by atoms with van der Waals surface area (Å²) in [7, 11) is 1.99. The van der Waals surface area contributed by atoms with E-state index < -0.39 is 0 Å². The third-order valence-electron chi connectivity index (χ3n) is 2.06. The molecule has 0 spiro atoms. The largest absolute Gasteiger partial charge is 0.312 e. The van der Waals surface area contributed by atoms with E-state index in [2.05, 4.69) is 29.8 Å². The monoisotopic (exact) mass is 199 g/mol. The Morgan fingerprint density at radius 2 is 2.46 bits per heavy atom. The molecule has 0 aliphatic heterocycles. The van der Waals surface area contributed by atoms with Gasteiger partial charge in [0, 0.05) is 30.1 Å². The summed E-state index contributed by atoms with van der Waals surface area (Å²) in [5.74, 6) is 1.09. The fourth-order valence-corrected chi connectivity index (χ4v) is 1.94. The summed E-state index contributed by atoms with van der Waals surface area (Å²) in [5.41, 5.74) is 1.28. The van der Waals surface area contributed by atoms with Crippen LogP contribution in [0.25, 0.3) is 0 Å². The fraction of sp³-hybridized carbons (Fsp3) is 0.667. The molecule has 0 bridgehead atoms. The van der Waals surface area contributed by atoms with Crippen LogP contribution < -0.4 is 5.32 Å². The Hall–Kier alpha value is -0.480. The number of nitrogens with one attached hydrogen (secondary N) is 1. The topological polar surface area (TPSA) is 29.9 Å². The van der Waals surface area contributed by atoms with Crippen molar-refractivity contribution in [3.8, 4) is 0 Å². The highest BCUT2D eigenvalue weighted by molar-refractivity contribution is 7.98. The minimum atomic E-state index is 0.426. The van der Waals surface area contributed by atoms with Crippen molar-refractivity contribution in [2.75, 3.05) is 19.1 Å². The van der Waals surface area contributed by atoms with Crippen LogP contribution in [-0.2, 0) is 6.54 Å². The zero-order chi connectivity index (χ0) is 9.68. The molecule has 0 amide bonds. The minimum Gasteiger partial charge on any atom is -0.312 e. The van der Waals surface area contributed by atoms with Gasteiger partial charge in [0.05, 0.1) is 6.20 Å². The summed E-state index contributed by atoms with van der Waals surface area (Å²) in [6.45, 7) is 3.04. The molecule has 0 aromatic carbocycles. The molecule has 1 heterocycles. The van der Waals surface area contributed by atoms with E-state index >= 15 is 0 Å². The van der Waals surface area contributed by atoms with Crippen LogP contribution in [0, 0.1) is 0 Å². The lowest BCUT2D eigenvalue weighted by molar-refractivity contribution is 0.645. The molecule has 0 fully saturated rings. The van der Waals surface area contributed by atoms with Crippen LogP contribution in [0.2, 0.25) is 0 Å². The van der Waals surface area contributed by atoms with Crippen molar-refractivity contribution >= 4 is 11.8 Å². The zero-order valence-corrected chi connectivity index (χ0v) is 9.27. The molecule has 1 aromatic rings. The molecule has 1 unspecified atom stereocenters. The molecule has 0 saturated carbocycles. The standard InChI is InChI=1S/C9H17N3S/c1-4-12-6-8(5-11-12)9(10-2)7-13-3/h5-6,9-10H,4,7H2,1-3H3. The molecule has 0 radical (unpaired) electrons. The number of aryl methyl sites for hydroxylation is 1. The predicted octanol–water partition coefficient (Wildman–Crippen LogP) is 1.53. The summed E-state index contributed by atoms with van der Waals surface area (Å²) in [4.78, 5) is 0. The Bertz CT molecular complexity index is 247. The van der Waals surface area contributed by atoms with Gasteiger partial charge in [0.2, 0.25) is 0 Å². The second-order valence-electron chi connectivity index (χ2n) is 2.93. The SMILES string of the molecule is CCn1cc(C(CSC)NC)cn1. The Labute approximate surface area is 83.9 Å². The molecule has 1 N–H and O–H groups in total. The van der Waals surface area contributed by atoms with E-state index in [4.69, 9.17) is 0 Å². The first kappa shape index (κ1) is 10.6. The highest BCUT2D eigenvalue weighted by atomic mass is 32.2. The van der Waals surface area contributed by atoms with Crippen molar-refractivity contribution in [1.82, 2.24) is 15.1 Å². The highest BCUT2D eigenvalue weighted by Gasteiger charge is 2.09. The van der Waals surface area contributed by atoms with Gasteiger partial charge in [0.15, 0.2) is 0 Å². The van der Waals surface area contributed by atoms with Crippen LogP contribution in [0.1, 0.15) is 18.5 Å². The van der Waals surface area contributed by atoms with E-state index in [1.165, 1.54) is 5.56 Å². The van der Waals surface area contributed by atoms with Gasteiger partial charge in [0.1, 0.15) is 0 Å². The lowest BCUT2D eigenvalue weighted by Crippen LogP contribution is -2.18. The fourth-order valence-electron chi connectivity index (χ4n) is 1.25. The minimum absolute atomic E-state index is 0.426. The van der Waals surface area contributed by atoms with Gasteiger partial charge in [-0.3, -0.25) is 4.68 Å². The first-order valence-corrected chi connectivity index (χ1v) is 5.89. The average Bonchev–Trinajstić information content (AvgIpc) is 2.62. The molecule has 4 heteroatoms. The van der Waals surface area contributed by atoms with Crippen molar-refractivity contribution < 1.29 is 0 Å². The van der Waals surface area contributed by atoms with Crippen molar-refractivity contribution in [1.29, 1.82) is 0 Å². The lowest BCUT2D eigenvalue weighted by atomic mass is 10.2. The molecular weight excluding hydrogens is 182 g/mol. The van der Waals surface area contributed by atoms with E-state index in [0.717, 1.165) is 12.3 Å². The van der Waals surface area contributed by atoms with E-state index in [-0.39, 0.29) is 0 Å². The van der Waals surface area contributed by atoms with Gasteiger partial charge in [-0.2, -0.15) is 16.9 Å². The molecular formula is C9H17N3S. The smallest absolute Gasteiger partial charge is 0.0537 e. The molecule has 1 aromatic heterocycles. The summed E-state index contributed by atoms with van der Waals surface area (Å²) in [6, 6.07) is 0.426. The molecule has 0 saturated heterocycles. The third kappa shape index (κ3) is 2.74.